The Kier molecular flexibility index (Phi) is 3.07. The fourth-order valence-corrected chi connectivity index (χ4v) is 2.63. The molecular formula is C15H24N2. The van der Waals surface area contributed by atoms with Gasteiger partial charge in [0, 0.05) is 13.1 Å². The number of rotatable bonds is 1. The van der Waals surface area contributed by atoms with Crippen molar-refractivity contribution in [3.63, 3.8) is 0 Å². The van der Waals surface area contributed by atoms with Crippen LogP contribution in [0.5, 0.6) is 0 Å². The van der Waals surface area contributed by atoms with Gasteiger partial charge in [-0.15, -0.1) is 0 Å². The first-order valence-electron chi connectivity index (χ1n) is 6.49. The lowest BCUT2D eigenvalue weighted by Crippen LogP contribution is -2.26. The fourth-order valence-electron chi connectivity index (χ4n) is 2.63. The van der Waals surface area contributed by atoms with E-state index in [2.05, 4.69) is 50.8 Å². The molecular weight excluding hydrogens is 208 g/mol. The van der Waals surface area contributed by atoms with Gasteiger partial charge < -0.3 is 10.6 Å². The van der Waals surface area contributed by atoms with Crippen LogP contribution < -0.4 is 10.6 Å². The minimum Gasteiger partial charge on any atom is -0.397 e. The van der Waals surface area contributed by atoms with Crippen LogP contribution in [0.25, 0.3) is 0 Å². The zero-order valence-corrected chi connectivity index (χ0v) is 11.5. The molecule has 1 aliphatic heterocycles. The maximum atomic E-state index is 6.18. The monoisotopic (exact) mass is 232 g/mol. The second-order valence-electron chi connectivity index (χ2n) is 6.31. The van der Waals surface area contributed by atoms with Crippen molar-refractivity contribution in [2.45, 2.75) is 34.1 Å². The molecule has 0 spiro atoms. The van der Waals surface area contributed by atoms with Crippen molar-refractivity contribution in [2.24, 2.45) is 11.3 Å². The zero-order chi connectivity index (χ0) is 12.6. The lowest BCUT2D eigenvalue weighted by Gasteiger charge is -2.28. The number of anilines is 2. The lowest BCUT2D eigenvalue weighted by atomic mass is 9.80. The summed E-state index contributed by atoms with van der Waals surface area (Å²) in [5, 5.41) is 0. The van der Waals surface area contributed by atoms with Crippen molar-refractivity contribution >= 4 is 11.4 Å². The summed E-state index contributed by atoms with van der Waals surface area (Å²) in [6.07, 6.45) is 1.27. The number of nitrogens with zero attached hydrogens (tertiary/aromatic N) is 1. The standard InChI is InChI=1S/C15H24N2/c1-11-6-5-7-13(14(11)16)17-9-8-12(10-17)15(2,3)4/h5-7,12H,8-10,16H2,1-4H3. The van der Waals surface area contributed by atoms with E-state index in [1.807, 2.05) is 0 Å². The molecule has 1 atom stereocenters. The first kappa shape index (κ1) is 12.3. The van der Waals surface area contributed by atoms with Crippen LogP contribution in [0.3, 0.4) is 0 Å². The Bertz CT molecular complexity index is 404. The molecule has 1 aromatic rings. The second-order valence-corrected chi connectivity index (χ2v) is 6.31. The smallest absolute Gasteiger partial charge is 0.0602 e. The number of aryl methyl sites for hydroxylation is 1. The van der Waals surface area contributed by atoms with E-state index in [4.69, 9.17) is 5.73 Å². The van der Waals surface area contributed by atoms with Gasteiger partial charge >= 0.3 is 0 Å². The van der Waals surface area contributed by atoms with Crippen LogP contribution in [-0.4, -0.2) is 13.1 Å². The van der Waals surface area contributed by atoms with Crippen molar-refractivity contribution in [1.82, 2.24) is 0 Å². The van der Waals surface area contributed by atoms with Gasteiger partial charge in [-0.1, -0.05) is 32.9 Å². The number of benzene rings is 1. The third-order valence-electron chi connectivity index (χ3n) is 4.05. The first-order chi connectivity index (χ1) is 7.89. The van der Waals surface area contributed by atoms with E-state index >= 15 is 0 Å². The van der Waals surface area contributed by atoms with Gasteiger partial charge in [0.2, 0.25) is 0 Å². The van der Waals surface area contributed by atoms with Gasteiger partial charge in [0.1, 0.15) is 0 Å². The predicted molar refractivity (Wildman–Crippen MR) is 75.4 cm³/mol. The Morgan fingerprint density at radius 1 is 1.29 bits per heavy atom. The molecule has 0 amide bonds. The van der Waals surface area contributed by atoms with Gasteiger partial charge in [0.05, 0.1) is 11.4 Å². The average molecular weight is 232 g/mol. The van der Waals surface area contributed by atoms with Crippen LogP contribution in [0.15, 0.2) is 18.2 Å². The van der Waals surface area contributed by atoms with Gasteiger partial charge in [0.15, 0.2) is 0 Å². The molecule has 0 saturated carbocycles. The molecule has 2 rings (SSSR count). The average Bonchev–Trinajstić information content (AvgIpc) is 2.70. The van der Waals surface area contributed by atoms with Crippen molar-refractivity contribution in [3.05, 3.63) is 23.8 Å². The minimum atomic E-state index is 0.396. The van der Waals surface area contributed by atoms with Crippen LogP contribution >= 0.6 is 0 Å². The summed E-state index contributed by atoms with van der Waals surface area (Å²) in [7, 11) is 0. The van der Waals surface area contributed by atoms with Crippen LogP contribution in [0.2, 0.25) is 0 Å². The summed E-state index contributed by atoms with van der Waals surface area (Å²) in [5.74, 6) is 0.766. The Morgan fingerprint density at radius 2 is 2.00 bits per heavy atom. The third-order valence-corrected chi connectivity index (χ3v) is 4.05. The van der Waals surface area contributed by atoms with Crippen LogP contribution in [0.1, 0.15) is 32.8 Å². The van der Waals surface area contributed by atoms with Crippen LogP contribution in [0, 0.1) is 18.3 Å². The van der Waals surface area contributed by atoms with E-state index in [0.717, 1.165) is 24.7 Å². The van der Waals surface area contributed by atoms with Crippen molar-refractivity contribution in [1.29, 1.82) is 0 Å². The molecule has 17 heavy (non-hydrogen) atoms. The van der Waals surface area contributed by atoms with Crippen LogP contribution in [-0.2, 0) is 0 Å². The Labute approximate surface area is 105 Å². The molecule has 0 radical (unpaired) electrons. The van der Waals surface area contributed by atoms with Gasteiger partial charge in [-0.3, -0.25) is 0 Å². The summed E-state index contributed by atoms with van der Waals surface area (Å²) < 4.78 is 0. The van der Waals surface area contributed by atoms with Gasteiger partial charge in [-0.25, -0.2) is 0 Å². The largest absolute Gasteiger partial charge is 0.397 e. The maximum absolute atomic E-state index is 6.18. The highest BCUT2D eigenvalue weighted by atomic mass is 15.2. The van der Waals surface area contributed by atoms with Gasteiger partial charge in [0.25, 0.3) is 0 Å². The molecule has 0 aromatic heterocycles. The lowest BCUT2D eigenvalue weighted by molar-refractivity contribution is 0.263. The normalized spacial score (nSPS) is 20.9. The van der Waals surface area contributed by atoms with E-state index < -0.39 is 0 Å². The highest BCUT2D eigenvalue weighted by Gasteiger charge is 2.32. The van der Waals surface area contributed by atoms with E-state index in [9.17, 15) is 0 Å². The number of nitrogens with two attached hydrogens (primary N) is 1. The zero-order valence-electron chi connectivity index (χ0n) is 11.5. The highest BCUT2D eigenvalue weighted by Crippen LogP contribution is 2.37. The molecule has 1 heterocycles. The topological polar surface area (TPSA) is 29.3 Å². The molecule has 2 nitrogen and oxygen atoms in total. The van der Waals surface area contributed by atoms with Crippen LogP contribution in [0.4, 0.5) is 11.4 Å². The number of hydrogen-bond acceptors (Lipinski definition) is 2. The molecule has 0 bridgehead atoms. The van der Waals surface area contributed by atoms with Gasteiger partial charge in [-0.05, 0) is 36.3 Å². The Hall–Kier alpha value is -1.18. The van der Waals surface area contributed by atoms with Crippen molar-refractivity contribution in [2.75, 3.05) is 23.7 Å². The summed E-state index contributed by atoms with van der Waals surface area (Å²) in [4.78, 5) is 2.44. The summed E-state index contributed by atoms with van der Waals surface area (Å²) in [5.41, 5.74) is 9.92. The molecule has 1 fully saturated rings. The maximum Gasteiger partial charge on any atom is 0.0602 e. The van der Waals surface area contributed by atoms with Crippen molar-refractivity contribution in [3.8, 4) is 0 Å². The minimum absolute atomic E-state index is 0.396. The molecule has 1 saturated heterocycles. The molecule has 2 heteroatoms. The Balaban J connectivity index is 2.18. The third kappa shape index (κ3) is 2.41. The first-order valence-corrected chi connectivity index (χ1v) is 6.49. The number of nitrogen functional groups attached to an aromatic ring is 1. The van der Waals surface area contributed by atoms with Crippen molar-refractivity contribution < 1.29 is 0 Å². The summed E-state index contributed by atoms with van der Waals surface area (Å²) in [6, 6.07) is 6.33. The second kappa shape index (κ2) is 4.25. The summed E-state index contributed by atoms with van der Waals surface area (Å²) >= 11 is 0. The SMILES string of the molecule is Cc1cccc(N2CCC(C(C)(C)C)C2)c1N. The fraction of sp³-hybridized carbons (Fsp3) is 0.600. The van der Waals surface area contributed by atoms with E-state index in [0.29, 0.717) is 5.41 Å². The molecule has 94 valence electrons. The number of hydrogen-bond donors (Lipinski definition) is 1. The molecule has 2 N–H and O–H groups in total. The molecule has 0 aliphatic carbocycles. The Morgan fingerprint density at radius 3 is 2.59 bits per heavy atom. The van der Waals surface area contributed by atoms with E-state index in [1.165, 1.54) is 17.7 Å². The predicted octanol–water partition coefficient (Wildman–Crippen LogP) is 3.45. The molecule has 1 aliphatic rings. The van der Waals surface area contributed by atoms with E-state index in [-0.39, 0.29) is 0 Å². The molecule has 1 aromatic carbocycles. The highest BCUT2D eigenvalue weighted by molar-refractivity contribution is 5.71. The quantitative estimate of drug-likeness (QED) is 0.751. The number of para-hydroxylation sites is 1. The molecule has 1 unspecified atom stereocenters. The van der Waals surface area contributed by atoms with E-state index in [1.54, 1.807) is 0 Å². The summed E-state index contributed by atoms with van der Waals surface area (Å²) in [6.45, 7) is 11.4. The van der Waals surface area contributed by atoms with Gasteiger partial charge in [-0.2, -0.15) is 0 Å².